The molecule has 0 atom stereocenters. The number of benzene rings is 2. The lowest BCUT2D eigenvalue weighted by molar-refractivity contribution is -0.274. The van der Waals surface area contributed by atoms with Gasteiger partial charge in [-0.05, 0) is 57.5 Å². The number of anilines is 1. The predicted octanol–water partition coefficient (Wildman–Crippen LogP) is 5.02. The van der Waals surface area contributed by atoms with Crippen LogP contribution in [0.15, 0.2) is 48.5 Å². The van der Waals surface area contributed by atoms with Gasteiger partial charge in [-0.1, -0.05) is 30.3 Å². The number of hydrogen-bond acceptors (Lipinski definition) is 3. The van der Waals surface area contributed by atoms with Gasteiger partial charge in [0.2, 0.25) is 0 Å². The third-order valence-electron chi connectivity index (χ3n) is 6.72. The fourth-order valence-corrected chi connectivity index (χ4v) is 4.97. The van der Waals surface area contributed by atoms with Gasteiger partial charge in [0.05, 0.1) is 17.8 Å². The van der Waals surface area contributed by atoms with Crippen molar-refractivity contribution in [3.8, 4) is 5.75 Å². The second kappa shape index (κ2) is 7.95. The Morgan fingerprint density at radius 2 is 1.69 bits per heavy atom. The molecule has 1 N–H and O–H groups in total. The van der Waals surface area contributed by atoms with Crippen LogP contribution in [0.3, 0.4) is 0 Å². The van der Waals surface area contributed by atoms with Crippen LogP contribution in [0.1, 0.15) is 31.2 Å². The third kappa shape index (κ3) is 4.13. The number of carbonyl (C=O) groups excluding carboxylic acids is 1. The number of nitrogens with zero attached hydrogens (tertiary/aromatic N) is 2. The average Bonchev–Trinajstić information content (AvgIpc) is 3.04. The summed E-state index contributed by atoms with van der Waals surface area (Å²) in [5.74, 6) is -1.61. The standard InChI is InChI=1S/C23H25F4N3O2/c1-29(2)22(16-6-4-3-5-7-16)12-10-21(11-13-22)15-30(20(31)28-21)19-9-8-17(14-18(19)24)32-23(25,26)27/h3-9,14H,10-13,15H2,1-2H3,(H,28,31). The maximum absolute atomic E-state index is 14.6. The summed E-state index contributed by atoms with van der Waals surface area (Å²) in [4.78, 5) is 16.2. The van der Waals surface area contributed by atoms with Gasteiger partial charge in [-0.15, -0.1) is 13.2 Å². The van der Waals surface area contributed by atoms with Crippen molar-refractivity contribution in [3.63, 3.8) is 0 Å². The first-order valence-electron chi connectivity index (χ1n) is 10.4. The highest BCUT2D eigenvalue weighted by atomic mass is 19.4. The molecule has 0 radical (unpaired) electrons. The fraction of sp³-hybridized carbons (Fsp3) is 0.435. The minimum atomic E-state index is -4.91. The van der Waals surface area contributed by atoms with E-state index >= 15 is 0 Å². The second-order valence-electron chi connectivity index (χ2n) is 8.75. The molecule has 2 fully saturated rings. The molecule has 2 aromatic rings. The van der Waals surface area contributed by atoms with Gasteiger partial charge in [0.1, 0.15) is 5.75 Å². The summed E-state index contributed by atoms with van der Waals surface area (Å²) in [5, 5.41) is 3.02. The lowest BCUT2D eigenvalue weighted by Gasteiger charge is -2.48. The molecule has 4 rings (SSSR count). The Balaban J connectivity index is 1.52. The van der Waals surface area contributed by atoms with E-state index in [1.54, 1.807) is 0 Å². The van der Waals surface area contributed by atoms with E-state index in [9.17, 15) is 22.4 Å². The number of carbonyl (C=O) groups is 1. The number of rotatable bonds is 4. The van der Waals surface area contributed by atoms with Crippen molar-refractivity contribution in [3.05, 3.63) is 59.9 Å². The number of hydrogen-bond donors (Lipinski definition) is 1. The molecule has 1 saturated heterocycles. The Morgan fingerprint density at radius 3 is 2.25 bits per heavy atom. The average molecular weight is 451 g/mol. The maximum atomic E-state index is 14.6. The van der Waals surface area contributed by atoms with Crippen LogP contribution in [-0.4, -0.2) is 43.5 Å². The van der Waals surface area contributed by atoms with Gasteiger partial charge in [-0.25, -0.2) is 9.18 Å². The topological polar surface area (TPSA) is 44.8 Å². The zero-order valence-electron chi connectivity index (χ0n) is 17.9. The van der Waals surface area contributed by atoms with E-state index in [-0.39, 0.29) is 17.8 Å². The van der Waals surface area contributed by atoms with Gasteiger partial charge in [0.25, 0.3) is 0 Å². The van der Waals surface area contributed by atoms with Crippen molar-refractivity contribution in [1.29, 1.82) is 0 Å². The van der Waals surface area contributed by atoms with Gasteiger partial charge in [0, 0.05) is 11.6 Å². The predicted molar refractivity (Wildman–Crippen MR) is 112 cm³/mol. The number of halogens is 4. The minimum absolute atomic E-state index is 0.0681. The van der Waals surface area contributed by atoms with Crippen LogP contribution in [0.5, 0.6) is 5.75 Å². The fourth-order valence-electron chi connectivity index (χ4n) is 4.97. The summed E-state index contributed by atoms with van der Waals surface area (Å²) in [6.07, 6.45) is -1.92. The van der Waals surface area contributed by atoms with Crippen LogP contribution < -0.4 is 15.0 Å². The SMILES string of the molecule is CN(C)C1(c2ccccc2)CCC2(CC1)CN(c1ccc(OC(F)(F)F)cc1F)C(=O)N2. The van der Waals surface area contributed by atoms with Crippen LogP contribution in [-0.2, 0) is 5.54 Å². The smallest absolute Gasteiger partial charge is 0.406 e. The van der Waals surface area contributed by atoms with Crippen LogP contribution in [0.2, 0.25) is 0 Å². The maximum Gasteiger partial charge on any atom is 0.573 e. The molecule has 32 heavy (non-hydrogen) atoms. The first-order valence-corrected chi connectivity index (χ1v) is 10.4. The summed E-state index contributed by atoms with van der Waals surface area (Å²) in [5.41, 5.74) is 0.472. The normalized spacial score (nSPS) is 26.0. The zero-order valence-corrected chi connectivity index (χ0v) is 17.9. The Hall–Kier alpha value is -2.81. The van der Waals surface area contributed by atoms with Crippen molar-refractivity contribution in [2.75, 3.05) is 25.5 Å². The molecule has 0 aromatic heterocycles. The summed E-state index contributed by atoms with van der Waals surface area (Å²) in [7, 11) is 4.09. The molecule has 9 heteroatoms. The van der Waals surface area contributed by atoms with Crippen molar-refractivity contribution in [1.82, 2.24) is 10.2 Å². The lowest BCUT2D eigenvalue weighted by atomic mass is 9.69. The van der Waals surface area contributed by atoms with E-state index in [2.05, 4.69) is 27.1 Å². The zero-order chi connectivity index (χ0) is 23.1. The first kappa shape index (κ1) is 22.4. The van der Waals surface area contributed by atoms with E-state index in [0.29, 0.717) is 18.9 Å². The molecule has 1 spiro atoms. The first-order chi connectivity index (χ1) is 15.0. The number of urea groups is 1. The van der Waals surface area contributed by atoms with Gasteiger partial charge in [-0.3, -0.25) is 9.80 Å². The summed E-state index contributed by atoms with van der Waals surface area (Å²) in [6.45, 7) is 0.251. The monoisotopic (exact) mass is 451 g/mol. The highest BCUT2D eigenvalue weighted by Crippen LogP contribution is 2.46. The molecular formula is C23H25F4N3O2. The highest BCUT2D eigenvalue weighted by molar-refractivity contribution is 5.95. The molecule has 1 heterocycles. The molecule has 2 aromatic carbocycles. The van der Waals surface area contributed by atoms with Gasteiger partial charge < -0.3 is 10.1 Å². The molecule has 172 valence electrons. The Morgan fingerprint density at radius 1 is 1.03 bits per heavy atom. The molecule has 0 bridgehead atoms. The van der Waals surface area contributed by atoms with Crippen LogP contribution in [0.25, 0.3) is 0 Å². The molecule has 0 unspecified atom stereocenters. The van der Waals surface area contributed by atoms with E-state index in [1.807, 2.05) is 32.3 Å². The highest BCUT2D eigenvalue weighted by Gasteiger charge is 2.50. The lowest BCUT2D eigenvalue weighted by Crippen LogP contribution is -2.54. The number of nitrogens with one attached hydrogen (secondary N) is 1. The Labute approximate surface area is 183 Å². The Bertz CT molecular complexity index is 986. The van der Waals surface area contributed by atoms with Crippen molar-refractivity contribution in [2.24, 2.45) is 0 Å². The third-order valence-corrected chi connectivity index (χ3v) is 6.72. The van der Waals surface area contributed by atoms with E-state index in [4.69, 9.17) is 0 Å². The van der Waals surface area contributed by atoms with Gasteiger partial charge >= 0.3 is 12.4 Å². The second-order valence-corrected chi connectivity index (χ2v) is 8.75. The van der Waals surface area contributed by atoms with Crippen LogP contribution >= 0.6 is 0 Å². The van der Waals surface area contributed by atoms with Crippen molar-refractivity contribution in [2.45, 2.75) is 43.1 Å². The summed E-state index contributed by atoms with van der Waals surface area (Å²) >= 11 is 0. The quantitative estimate of drug-likeness (QED) is 0.664. The molecule has 1 aliphatic carbocycles. The Kier molecular flexibility index (Phi) is 5.56. The van der Waals surface area contributed by atoms with Gasteiger partial charge in [-0.2, -0.15) is 0 Å². The number of amides is 2. The summed E-state index contributed by atoms with van der Waals surface area (Å²) in [6, 6.07) is 12.6. The van der Waals surface area contributed by atoms with E-state index < -0.39 is 29.5 Å². The van der Waals surface area contributed by atoms with E-state index in [0.717, 1.165) is 25.0 Å². The van der Waals surface area contributed by atoms with Crippen molar-refractivity contribution >= 4 is 11.7 Å². The molecule has 1 saturated carbocycles. The number of alkyl halides is 3. The molecule has 5 nitrogen and oxygen atoms in total. The van der Waals surface area contributed by atoms with Gasteiger partial charge in [0.15, 0.2) is 5.82 Å². The minimum Gasteiger partial charge on any atom is -0.406 e. The van der Waals surface area contributed by atoms with Crippen LogP contribution in [0.4, 0.5) is 28.0 Å². The molecule has 1 aliphatic heterocycles. The molecular weight excluding hydrogens is 426 g/mol. The van der Waals surface area contributed by atoms with E-state index in [1.165, 1.54) is 10.5 Å². The van der Waals surface area contributed by atoms with Crippen LogP contribution in [0, 0.1) is 5.82 Å². The van der Waals surface area contributed by atoms with Crippen molar-refractivity contribution < 1.29 is 27.1 Å². The number of ether oxygens (including phenoxy) is 1. The largest absolute Gasteiger partial charge is 0.573 e. The molecule has 2 amide bonds. The summed E-state index contributed by atoms with van der Waals surface area (Å²) < 4.78 is 55.5. The molecule has 2 aliphatic rings.